The van der Waals surface area contributed by atoms with Crippen LogP contribution >= 0.6 is 0 Å². The van der Waals surface area contributed by atoms with Crippen molar-refractivity contribution in [3.8, 4) is 0 Å². The summed E-state index contributed by atoms with van der Waals surface area (Å²) in [5, 5.41) is 0. The van der Waals surface area contributed by atoms with Gasteiger partial charge in [-0.15, -0.1) is 0 Å². The maximum absolute atomic E-state index is 12.4. The molecular formula is C12H21NO5S. The molecule has 2 rings (SSSR count). The van der Waals surface area contributed by atoms with Crippen LogP contribution in [0.15, 0.2) is 0 Å². The van der Waals surface area contributed by atoms with Crippen LogP contribution in [0, 0.1) is 0 Å². The highest BCUT2D eigenvalue weighted by atomic mass is 32.2. The highest BCUT2D eigenvalue weighted by Crippen LogP contribution is 2.32. The molecule has 0 aromatic heterocycles. The highest BCUT2D eigenvalue weighted by Gasteiger charge is 2.47. The second-order valence-corrected chi connectivity index (χ2v) is 8.29. The fourth-order valence-corrected chi connectivity index (χ4v) is 2.88. The molecular weight excluding hydrogens is 270 g/mol. The Bertz CT molecular complexity index is 465. The van der Waals surface area contributed by atoms with Crippen LogP contribution in [-0.2, 0) is 24.1 Å². The van der Waals surface area contributed by atoms with E-state index in [1.54, 1.807) is 4.90 Å². The number of sulfone groups is 1. The number of carbonyl (C=O) groups is 1. The first-order valence-corrected chi connectivity index (χ1v) is 8.34. The molecule has 19 heavy (non-hydrogen) atoms. The van der Waals surface area contributed by atoms with Crippen LogP contribution in [0.5, 0.6) is 0 Å². The van der Waals surface area contributed by atoms with E-state index in [0.717, 1.165) is 19.1 Å². The van der Waals surface area contributed by atoms with Crippen LogP contribution in [0.2, 0.25) is 0 Å². The molecule has 7 heteroatoms. The third kappa shape index (κ3) is 2.64. The van der Waals surface area contributed by atoms with Gasteiger partial charge in [0.1, 0.15) is 4.75 Å². The SMILES string of the molecule is CC(C)(C(=O)N1CCCC2(C1)OCCO2)S(C)(=O)=O. The summed E-state index contributed by atoms with van der Waals surface area (Å²) in [4.78, 5) is 14.0. The zero-order valence-corrected chi connectivity index (χ0v) is 12.5. The maximum atomic E-state index is 12.4. The van der Waals surface area contributed by atoms with Crippen LogP contribution in [0.3, 0.4) is 0 Å². The Labute approximate surface area is 114 Å². The van der Waals surface area contributed by atoms with Gasteiger partial charge in [0.15, 0.2) is 15.6 Å². The second-order valence-electron chi connectivity index (χ2n) is 5.72. The Morgan fingerprint density at radius 3 is 2.37 bits per heavy atom. The Morgan fingerprint density at radius 2 is 1.84 bits per heavy atom. The molecule has 0 bridgehead atoms. The average molecular weight is 291 g/mol. The second kappa shape index (κ2) is 4.71. The lowest BCUT2D eigenvalue weighted by Crippen LogP contribution is -2.57. The molecule has 2 aliphatic rings. The Balaban J connectivity index is 2.16. The minimum Gasteiger partial charge on any atom is -0.346 e. The zero-order chi connectivity index (χ0) is 14.3. The van der Waals surface area contributed by atoms with E-state index in [-0.39, 0.29) is 5.91 Å². The molecule has 6 nitrogen and oxygen atoms in total. The first-order valence-electron chi connectivity index (χ1n) is 6.45. The summed E-state index contributed by atoms with van der Waals surface area (Å²) in [5.74, 6) is -1.10. The quantitative estimate of drug-likeness (QED) is 0.725. The van der Waals surface area contributed by atoms with Gasteiger partial charge in [-0.3, -0.25) is 4.79 Å². The van der Waals surface area contributed by atoms with E-state index in [2.05, 4.69) is 0 Å². The normalized spacial score (nSPS) is 23.8. The summed E-state index contributed by atoms with van der Waals surface area (Å²) in [6.45, 7) is 4.80. The summed E-state index contributed by atoms with van der Waals surface area (Å²) in [6, 6.07) is 0. The largest absolute Gasteiger partial charge is 0.346 e. The smallest absolute Gasteiger partial charge is 0.243 e. The third-order valence-corrected chi connectivity index (χ3v) is 5.99. The number of hydrogen-bond acceptors (Lipinski definition) is 5. The van der Waals surface area contributed by atoms with E-state index in [9.17, 15) is 13.2 Å². The molecule has 2 heterocycles. The lowest BCUT2D eigenvalue weighted by molar-refractivity contribution is -0.193. The van der Waals surface area contributed by atoms with Crippen molar-refractivity contribution < 1.29 is 22.7 Å². The number of ether oxygens (including phenoxy) is 2. The van der Waals surface area contributed by atoms with Crippen LogP contribution in [-0.4, -0.2) is 62.3 Å². The number of carbonyl (C=O) groups excluding carboxylic acids is 1. The van der Waals surface area contributed by atoms with Crippen molar-refractivity contribution in [2.45, 2.75) is 37.2 Å². The summed E-state index contributed by atoms with van der Waals surface area (Å²) in [7, 11) is -3.46. The van der Waals surface area contributed by atoms with Gasteiger partial charge < -0.3 is 14.4 Å². The molecule has 0 aromatic rings. The number of amides is 1. The van der Waals surface area contributed by atoms with Crippen molar-refractivity contribution in [1.82, 2.24) is 4.90 Å². The molecule has 2 aliphatic heterocycles. The summed E-state index contributed by atoms with van der Waals surface area (Å²) >= 11 is 0. The molecule has 1 amide bonds. The van der Waals surface area contributed by atoms with Gasteiger partial charge in [-0.2, -0.15) is 0 Å². The number of hydrogen-bond donors (Lipinski definition) is 0. The van der Waals surface area contributed by atoms with Gasteiger partial charge >= 0.3 is 0 Å². The molecule has 0 unspecified atom stereocenters. The fourth-order valence-electron chi connectivity index (χ4n) is 2.43. The van der Waals surface area contributed by atoms with E-state index in [0.29, 0.717) is 26.3 Å². The van der Waals surface area contributed by atoms with Gasteiger partial charge in [0.25, 0.3) is 0 Å². The molecule has 0 aromatic carbocycles. The predicted molar refractivity (Wildman–Crippen MR) is 69.4 cm³/mol. The van der Waals surface area contributed by atoms with Crippen molar-refractivity contribution in [2.24, 2.45) is 0 Å². The fraction of sp³-hybridized carbons (Fsp3) is 0.917. The maximum Gasteiger partial charge on any atom is 0.243 e. The Kier molecular flexibility index (Phi) is 3.66. The van der Waals surface area contributed by atoms with Crippen LogP contribution < -0.4 is 0 Å². The summed E-state index contributed by atoms with van der Waals surface area (Å²) in [5.41, 5.74) is 0. The molecule has 0 saturated carbocycles. The van der Waals surface area contributed by atoms with Crippen LogP contribution in [0.25, 0.3) is 0 Å². The van der Waals surface area contributed by atoms with E-state index in [1.165, 1.54) is 13.8 Å². The molecule has 110 valence electrons. The third-order valence-electron chi connectivity index (χ3n) is 3.96. The number of piperidine rings is 1. The van der Waals surface area contributed by atoms with Gasteiger partial charge in [0, 0.05) is 19.2 Å². The van der Waals surface area contributed by atoms with Crippen molar-refractivity contribution >= 4 is 15.7 Å². The lowest BCUT2D eigenvalue weighted by atomic mass is 10.0. The summed E-state index contributed by atoms with van der Waals surface area (Å²) < 4.78 is 33.3. The van der Waals surface area contributed by atoms with E-state index < -0.39 is 20.4 Å². The minimum atomic E-state index is -3.46. The van der Waals surface area contributed by atoms with Crippen LogP contribution in [0.1, 0.15) is 26.7 Å². The molecule has 0 N–H and O–H groups in total. The van der Waals surface area contributed by atoms with Crippen molar-refractivity contribution in [1.29, 1.82) is 0 Å². The van der Waals surface area contributed by atoms with Gasteiger partial charge in [-0.25, -0.2) is 8.42 Å². The molecule has 1 spiro atoms. The van der Waals surface area contributed by atoms with Gasteiger partial charge in [0.05, 0.1) is 19.8 Å². The number of nitrogens with zero attached hydrogens (tertiary/aromatic N) is 1. The number of likely N-dealkylation sites (tertiary alicyclic amines) is 1. The first-order chi connectivity index (χ1) is 8.68. The van der Waals surface area contributed by atoms with E-state index >= 15 is 0 Å². The lowest BCUT2D eigenvalue weighted by Gasteiger charge is -2.41. The van der Waals surface area contributed by atoms with Crippen molar-refractivity contribution in [3.63, 3.8) is 0 Å². The predicted octanol–water partition coefficient (Wildman–Crippen LogP) is 0.175. The standard InChI is InChI=1S/C12H21NO5S/c1-11(2,19(3,15)16)10(14)13-6-4-5-12(9-13)17-7-8-18-12/h4-9H2,1-3H3. The van der Waals surface area contributed by atoms with Gasteiger partial charge in [0.2, 0.25) is 5.91 Å². The monoisotopic (exact) mass is 291 g/mol. The van der Waals surface area contributed by atoms with E-state index in [4.69, 9.17) is 9.47 Å². The van der Waals surface area contributed by atoms with Gasteiger partial charge in [-0.1, -0.05) is 0 Å². The molecule has 0 aliphatic carbocycles. The topological polar surface area (TPSA) is 72.9 Å². The average Bonchev–Trinajstić information content (AvgIpc) is 2.74. The first kappa shape index (κ1) is 14.7. The van der Waals surface area contributed by atoms with Crippen molar-refractivity contribution in [3.05, 3.63) is 0 Å². The molecule has 2 saturated heterocycles. The van der Waals surface area contributed by atoms with Crippen LogP contribution in [0.4, 0.5) is 0 Å². The van der Waals surface area contributed by atoms with E-state index in [1.807, 2.05) is 0 Å². The zero-order valence-electron chi connectivity index (χ0n) is 11.6. The Morgan fingerprint density at radius 1 is 1.26 bits per heavy atom. The minimum absolute atomic E-state index is 0.310. The van der Waals surface area contributed by atoms with Crippen molar-refractivity contribution in [2.75, 3.05) is 32.6 Å². The molecule has 0 atom stereocenters. The highest BCUT2D eigenvalue weighted by molar-refractivity contribution is 7.92. The Hall–Kier alpha value is -0.660. The van der Waals surface area contributed by atoms with Gasteiger partial charge in [-0.05, 0) is 20.3 Å². The summed E-state index contributed by atoms with van der Waals surface area (Å²) in [6.07, 6.45) is 2.59. The molecule has 2 fully saturated rings. The number of rotatable bonds is 2. The molecule has 0 radical (unpaired) electrons.